The maximum atomic E-state index is 14.3. The van der Waals surface area contributed by atoms with E-state index in [2.05, 4.69) is 31.9 Å². The van der Waals surface area contributed by atoms with E-state index >= 15 is 0 Å². The molecule has 0 bridgehead atoms. The van der Waals surface area contributed by atoms with E-state index in [0.717, 1.165) is 5.56 Å². The van der Waals surface area contributed by atoms with Crippen molar-refractivity contribution in [2.75, 3.05) is 74.3 Å². The van der Waals surface area contributed by atoms with E-state index in [0.29, 0.717) is 32.2 Å². The number of hydrogen-bond acceptors (Lipinski definition) is 16. The highest BCUT2D eigenvalue weighted by Crippen LogP contribution is 2.30. The number of esters is 1. The summed E-state index contributed by atoms with van der Waals surface area (Å²) >= 11 is 0. The van der Waals surface area contributed by atoms with Gasteiger partial charge in [0.2, 0.25) is 35.4 Å². The molecular formula is C55H94N8O15. The Bertz CT molecular complexity index is 2030. The normalized spacial score (nSPS) is 17.4. The molecule has 1 heterocycles. The monoisotopic (exact) mass is 1110 g/mol. The molecule has 11 atom stereocenters. The number of nitrogens with zero attached hydrogens (tertiary/aromatic N) is 2. The second-order valence-electron chi connectivity index (χ2n) is 21.7. The first-order valence-corrected chi connectivity index (χ1v) is 27.3. The first-order valence-electron chi connectivity index (χ1n) is 27.3. The van der Waals surface area contributed by atoms with Crippen molar-refractivity contribution in [3.05, 3.63) is 35.9 Å². The fraction of sp³-hybridized carbons (Fsp3) is 0.745. The molecule has 2 rings (SSSR count). The summed E-state index contributed by atoms with van der Waals surface area (Å²) in [5, 5.41) is 35.9. The van der Waals surface area contributed by atoms with Gasteiger partial charge in [-0.1, -0.05) is 92.1 Å². The largest absolute Gasteiger partial charge is 0.464 e. The Morgan fingerprint density at radius 3 is 2.14 bits per heavy atom. The van der Waals surface area contributed by atoms with Crippen LogP contribution in [0.15, 0.2) is 30.3 Å². The minimum atomic E-state index is -1.46. The van der Waals surface area contributed by atoms with Crippen LogP contribution in [0.5, 0.6) is 0 Å². The SMILES string of the molecule is CC[C@H](C)[C@@H]([C@@H](CC(=O)N1CCC[C@H]1[C@H](OC)[C@@H](C)C(=O)N[C@@H](Cc1ccccc1)C(=O)NCCCOC(=O)[C@H](C)NC(=O)CCNC(=O)OCC(O)OC(CO)CC(C)(C)C)OC)N(C)C(=O)CNC(=O)[C@@H](NC)C(C)C. The third kappa shape index (κ3) is 23.9. The lowest BCUT2D eigenvalue weighted by Gasteiger charge is -2.39. The molecule has 1 fully saturated rings. The van der Waals surface area contributed by atoms with Crippen LogP contribution >= 0.6 is 0 Å². The number of nitrogens with one attached hydrogen (secondary N) is 6. The predicted molar refractivity (Wildman–Crippen MR) is 291 cm³/mol. The highest BCUT2D eigenvalue weighted by atomic mass is 16.6. The summed E-state index contributed by atoms with van der Waals surface area (Å²) in [4.78, 5) is 109. The number of aliphatic hydroxyl groups excluding tert-OH is 2. The number of methoxy groups -OCH3 is 2. The second kappa shape index (κ2) is 35.2. The number of likely N-dealkylation sites (N-methyl/N-ethyl adjacent to an activating group) is 2. The van der Waals surface area contributed by atoms with Gasteiger partial charge in [-0.3, -0.25) is 28.8 Å². The Morgan fingerprint density at radius 1 is 0.872 bits per heavy atom. The Morgan fingerprint density at radius 2 is 1.55 bits per heavy atom. The van der Waals surface area contributed by atoms with E-state index < -0.39 is 97.1 Å². The number of alkyl carbamates (subject to hydrolysis) is 1. The average molecular weight is 1110 g/mol. The van der Waals surface area contributed by atoms with Gasteiger partial charge in [-0.2, -0.15) is 0 Å². The lowest BCUT2D eigenvalue weighted by atomic mass is 9.89. The Hall–Kier alpha value is -5.46. The third-order valence-electron chi connectivity index (χ3n) is 13.9. The molecule has 78 heavy (non-hydrogen) atoms. The molecule has 0 spiro atoms. The van der Waals surface area contributed by atoms with Gasteiger partial charge in [-0.25, -0.2) is 9.59 Å². The van der Waals surface area contributed by atoms with Crippen LogP contribution in [0.2, 0.25) is 0 Å². The van der Waals surface area contributed by atoms with Crippen molar-refractivity contribution in [2.45, 2.75) is 168 Å². The molecule has 8 N–H and O–H groups in total. The first kappa shape index (κ1) is 68.6. The standard InChI is InChI=1S/C55H94N8O15/c1-14-35(4)48(62(11)45(67)31-59-52(71)47(56-10)34(2)3)42(74-12)29-44(66)63-26-18-22-41(63)49(75-13)36(5)50(69)61-40(28-38-20-16-15-17-21-38)51(70)57-24-19-27-76-53(72)37(6)60-43(65)23-25-58-54(73)77-33-46(68)78-39(32-64)30-55(7,8)9/h15-17,20-21,34-37,39-42,46-49,56,64,68H,14,18-19,22-33H2,1-13H3,(H,57,70)(H,58,73)(H,59,71)(H,60,65)(H,61,69)/t35-,36+,37-,39?,40-,41-,42+,46?,47-,48-,49+/m0/s1. The van der Waals surface area contributed by atoms with Crippen molar-refractivity contribution in [1.29, 1.82) is 0 Å². The number of hydrogen-bond donors (Lipinski definition) is 8. The lowest BCUT2D eigenvalue weighted by Crippen LogP contribution is -2.55. The van der Waals surface area contributed by atoms with Crippen LogP contribution in [0.1, 0.15) is 113 Å². The van der Waals surface area contributed by atoms with E-state index in [9.17, 15) is 48.6 Å². The van der Waals surface area contributed by atoms with Crippen LogP contribution in [0.3, 0.4) is 0 Å². The molecule has 2 unspecified atom stereocenters. The van der Waals surface area contributed by atoms with Crippen molar-refractivity contribution < 1.29 is 72.3 Å². The summed E-state index contributed by atoms with van der Waals surface area (Å²) < 4.78 is 27.5. The molecule has 1 aliphatic rings. The van der Waals surface area contributed by atoms with Gasteiger partial charge in [0, 0.05) is 53.7 Å². The topological polar surface area (TPSA) is 302 Å². The molecule has 444 valence electrons. The van der Waals surface area contributed by atoms with Crippen LogP contribution in [0.25, 0.3) is 0 Å². The molecular weight excluding hydrogens is 1010 g/mol. The molecule has 1 aliphatic heterocycles. The van der Waals surface area contributed by atoms with Crippen LogP contribution in [0.4, 0.5) is 4.79 Å². The summed E-state index contributed by atoms with van der Waals surface area (Å²) in [5.74, 6) is -3.93. The van der Waals surface area contributed by atoms with Crippen LogP contribution in [-0.2, 0) is 63.7 Å². The van der Waals surface area contributed by atoms with Crippen molar-refractivity contribution in [3.63, 3.8) is 0 Å². The Labute approximate surface area is 462 Å². The number of rotatable bonds is 35. The molecule has 0 saturated carbocycles. The molecule has 1 aromatic rings. The van der Waals surface area contributed by atoms with Gasteiger partial charge in [0.05, 0.1) is 68.5 Å². The highest BCUT2D eigenvalue weighted by Gasteiger charge is 2.42. The molecule has 23 nitrogen and oxygen atoms in total. The molecule has 0 aliphatic carbocycles. The van der Waals surface area contributed by atoms with Crippen LogP contribution in [0, 0.1) is 23.2 Å². The van der Waals surface area contributed by atoms with Gasteiger partial charge in [-0.15, -0.1) is 0 Å². The molecule has 0 aromatic heterocycles. The summed E-state index contributed by atoms with van der Waals surface area (Å²) in [6.45, 7) is 16.0. The summed E-state index contributed by atoms with van der Waals surface area (Å²) in [6.07, 6.45) is -1.95. The van der Waals surface area contributed by atoms with Crippen LogP contribution < -0.4 is 31.9 Å². The van der Waals surface area contributed by atoms with Gasteiger partial charge in [-0.05, 0) is 62.5 Å². The number of amides is 7. The fourth-order valence-corrected chi connectivity index (χ4v) is 9.51. The predicted octanol–water partition coefficient (Wildman–Crippen LogP) is 1.80. The lowest BCUT2D eigenvalue weighted by molar-refractivity contribution is -0.171. The molecule has 1 aromatic carbocycles. The van der Waals surface area contributed by atoms with Gasteiger partial charge in [0.25, 0.3) is 0 Å². The number of carbonyl (C=O) groups is 8. The number of benzene rings is 1. The minimum Gasteiger partial charge on any atom is -0.464 e. The zero-order valence-corrected chi connectivity index (χ0v) is 48.5. The first-order chi connectivity index (χ1) is 36.8. The maximum absolute atomic E-state index is 14.3. The molecule has 7 amide bonds. The Balaban J connectivity index is 1.98. The second-order valence-corrected chi connectivity index (χ2v) is 21.7. The number of carbonyl (C=O) groups excluding carboxylic acids is 8. The maximum Gasteiger partial charge on any atom is 0.407 e. The number of likely N-dealkylation sites (tertiary alicyclic amines) is 1. The average Bonchev–Trinajstić information content (AvgIpc) is 3.88. The number of ether oxygens (including phenoxy) is 5. The quantitative estimate of drug-likeness (QED) is 0.0273. The summed E-state index contributed by atoms with van der Waals surface area (Å²) in [7, 11) is 6.34. The van der Waals surface area contributed by atoms with Gasteiger partial charge in [0.1, 0.15) is 18.7 Å². The minimum absolute atomic E-state index is 0.00833. The zero-order valence-electron chi connectivity index (χ0n) is 48.5. The highest BCUT2D eigenvalue weighted by molar-refractivity contribution is 5.89. The van der Waals surface area contributed by atoms with Crippen molar-refractivity contribution >= 4 is 47.5 Å². The van der Waals surface area contributed by atoms with Crippen molar-refractivity contribution in [3.8, 4) is 0 Å². The van der Waals surface area contributed by atoms with Gasteiger partial charge >= 0.3 is 12.1 Å². The summed E-state index contributed by atoms with van der Waals surface area (Å²) in [6, 6.07) is 5.68. The zero-order chi connectivity index (χ0) is 58.7. The van der Waals surface area contributed by atoms with E-state index in [4.69, 9.17) is 23.7 Å². The smallest absolute Gasteiger partial charge is 0.407 e. The third-order valence-corrected chi connectivity index (χ3v) is 13.9. The van der Waals surface area contributed by atoms with Crippen molar-refractivity contribution in [1.82, 2.24) is 41.7 Å². The van der Waals surface area contributed by atoms with E-state index in [1.807, 2.05) is 78.8 Å². The van der Waals surface area contributed by atoms with E-state index in [-0.39, 0.29) is 93.5 Å². The fourth-order valence-electron chi connectivity index (χ4n) is 9.51. The van der Waals surface area contributed by atoms with E-state index in [1.54, 1.807) is 30.8 Å². The molecule has 1 saturated heterocycles. The van der Waals surface area contributed by atoms with Gasteiger partial charge in [0.15, 0.2) is 6.29 Å². The summed E-state index contributed by atoms with van der Waals surface area (Å²) in [5.41, 5.74) is 0.625. The molecule has 23 heteroatoms. The van der Waals surface area contributed by atoms with E-state index in [1.165, 1.54) is 21.1 Å². The number of aliphatic hydroxyl groups is 2. The van der Waals surface area contributed by atoms with Crippen LogP contribution in [-0.4, -0.2) is 197 Å². The van der Waals surface area contributed by atoms with Gasteiger partial charge < -0.3 is 75.6 Å². The van der Waals surface area contributed by atoms with Crippen molar-refractivity contribution in [2.24, 2.45) is 23.2 Å². The molecule has 0 radical (unpaired) electrons. The Kier molecular flexibility index (Phi) is 31.0.